The first kappa shape index (κ1) is 14.8. The van der Waals surface area contributed by atoms with E-state index in [-0.39, 0.29) is 6.04 Å². The molecule has 0 spiro atoms. The molecule has 20 heavy (non-hydrogen) atoms. The van der Waals surface area contributed by atoms with E-state index in [2.05, 4.69) is 48.6 Å². The van der Waals surface area contributed by atoms with Gasteiger partial charge in [-0.3, -0.25) is 16.0 Å². The Labute approximate surface area is 121 Å². The maximum Gasteiger partial charge on any atom is 0.0492 e. The van der Waals surface area contributed by atoms with E-state index in [0.717, 1.165) is 19.3 Å². The Morgan fingerprint density at radius 1 is 1.30 bits per heavy atom. The molecule has 0 saturated heterocycles. The molecule has 1 atom stereocenters. The normalized spacial score (nSPS) is 12.6. The third-order valence-corrected chi connectivity index (χ3v) is 3.88. The molecule has 1 unspecified atom stereocenters. The summed E-state index contributed by atoms with van der Waals surface area (Å²) in [4.78, 5) is 0. The minimum atomic E-state index is 0.283. The number of hydrogen-bond donors (Lipinski definition) is 2. The molecule has 0 amide bonds. The molecule has 0 radical (unpaired) electrons. The van der Waals surface area contributed by atoms with E-state index in [9.17, 15) is 0 Å². The first-order valence-electron chi connectivity index (χ1n) is 7.09. The highest BCUT2D eigenvalue weighted by Gasteiger charge is 2.11. The molecule has 1 aromatic heterocycles. The van der Waals surface area contributed by atoms with Crippen molar-refractivity contribution in [3.05, 3.63) is 52.8 Å². The van der Waals surface area contributed by atoms with Crippen molar-refractivity contribution in [2.75, 3.05) is 0 Å². The zero-order valence-corrected chi connectivity index (χ0v) is 12.6. The summed E-state index contributed by atoms with van der Waals surface area (Å²) < 4.78 is 1.92. The number of aryl methyl sites for hydroxylation is 4. The Hall–Kier alpha value is -1.65. The molecule has 0 aliphatic heterocycles. The maximum absolute atomic E-state index is 5.71. The summed E-state index contributed by atoms with van der Waals surface area (Å²) in [6.45, 7) is 4.28. The fourth-order valence-corrected chi connectivity index (χ4v) is 2.50. The molecule has 4 nitrogen and oxygen atoms in total. The van der Waals surface area contributed by atoms with Gasteiger partial charge in [0, 0.05) is 25.0 Å². The standard InChI is InChI=1S/C16H24N4/c1-12-4-5-13(2)14(10-12)11-15(19-17)6-7-16-8-9-18-20(16)3/h4-5,8-10,15,19H,6-7,11,17H2,1-3H3. The Balaban J connectivity index is 1.98. The van der Waals surface area contributed by atoms with E-state index < -0.39 is 0 Å². The van der Waals surface area contributed by atoms with E-state index in [0.29, 0.717) is 0 Å². The van der Waals surface area contributed by atoms with Crippen molar-refractivity contribution in [1.29, 1.82) is 0 Å². The van der Waals surface area contributed by atoms with Crippen LogP contribution in [0.15, 0.2) is 30.5 Å². The van der Waals surface area contributed by atoms with Gasteiger partial charge in [0.05, 0.1) is 0 Å². The number of rotatable bonds is 6. The fourth-order valence-electron chi connectivity index (χ4n) is 2.50. The second kappa shape index (κ2) is 6.68. The summed E-state index contributed by atoms with van der Waals surface area (Å²) in [6.07, 6.45) is 4.78. The van der Waals surface area contributed by atoms with Crippen LogP contribution in [0.2, 0.25) is 0 Å². The number of hydrogen-bond acceptors (Lipinski definition) is 3. The lowest BCUT2D eigenvalue weighted by Crippen LogP contribution is -2.37. The minimum absolute atomic E-state index is 0.283. The molecule has 0 aliphatic rings. The zero-order valence-electron chi connectivity index (χ0n) is 12.6. The Morgan fingerprint density at radius 2 is 2.10 bits per heavy atom. The van der Waals surface area contributed by atoms with Gasteiger partial charge in [-0.1, -0.05) is 23.8 Å². The average Bonchev–Trinajstić information content (AvgIpc) is 2.84. The first-order valence-corrected chi connectivity index (χ1v) is 7.09. The van der Waals surface area contributed by atoms with Crippen molar-refractivity contribution >= 4 is 0 Å². The van der Waals surface area contributed by atoms with E-state index in [1.807, 2.05) is 17.9 Å². The smallest absolute Gasteiger partial charge is 0.0492 e. The number of nitrogens with zero attached hydrogens (tertiary/aromatic N) is 2. The molecule has 1 aromatic carbocycles. The van der Waals surface area contributed by atoms with Crippen molar-refractivity contribution in [3.8, 4) is 0 Å². The van der Waals surface area contributed by atoms with Gasteiger partial charge in [0.1, 0.15) is 0 Å². The van der Waals surface area contributed by atoms with Crippen LogP contribution in [0, 0.1) is 13.8 Å². The van der Waals surface area contributed by atoms with Crippen LogP contribution < -0.4 is 11.3 Å². The lowest BCUT2D eigenvalue weighted by atomic mass is 9.96. The van der Waals surface area contributed by atoms with Crippen LogP contribution in [0.5, 0.6) is 0 Å². The van der Waals surface area contributed by atoms with Gasteiger partial charge in [-0.25, -0.2) is 0 Å². The number of aromatic nitrogens is 2. The maximum atomic E-state index is 5.71. The summed E-state index contributed by atoms with van der Waals surface area (Å²) in [6, 6.07) is 8.93. The van der Waals surface area contributed by atoms with Crippen LogP contribution >= 0.6 is 0 Å². The van der Waals surface area contributed by atoms with E-state index in [1.54, 1.807) is 0 Å². The van der Waals surface area contributed by atoms with Crippen molar-refractivity contribution in [3.63, 3.8) is 0 Å². The molecule has 2 aromatic rings. The highest BCUT2D eigenvalue weighted by atomic mass is 15.3. The van der Waals surface area contributed by atoms with Crippen LogP contribution in [0.25, 0.3) is 0 Å². The molecule has 0 bridgehead atoms. The summed E-state index contributed by atoms with van der Waals surface area (Å²) in [7, 11) is 1.98. The zero-order chi connectivity index (χ0) is 14.5. The van der Waals surface area contributed by atoms with Gasteiger partial charge in [0.2, 0.25) is 0 Å². The van der Waals surface area contributed by atoms with Gasteiger partial charge in [0.25, 0.3) is 0 Å². The fraction of sp³-hybridized carbons (Fsp3) is 0.438. The highest BCUT2D eigenvalue weighted by molar-refractivity contribution is 5.31. The number of nitrogens with one attached hydrogen (secondary N) is 1. The molecular formula is C16H24N4. The number of benzene rings is 1. The molecule has 0 fully saturated rings. The third kappa shape index (κ3) is 3.68. The Kier molecular flexibility index (Phi) is 4.93. The predicted molar refractivity (Wildman–Crippen MR) is 82.3 cm³/mol. The molecule has 1 heterocycles. The molecule has 0 aliphatic carbocycles. The van der Waals surface area contributed by atoms with Gasteiger partial charge >= 0.3 is 0 Å². The Bertz CT molecular complexity index is 559. The number of hydrazine groups is 1. The van der Waals surface area contributed by atoms with Gasteiger partial charge in [-0.05, 0) is 50.3 Å². The van der Waals surface area contributed by atoms with Gasteiger partial charge < -0.3 is 0 Å². The minimum Gasteiger partial charge on any atom is -0.273 e. The second-order valence-corrected chi connectivity index (χ2v) is 5.48. The third-order valence-electron chi connectivity index (χ3n) is 3.88. The van der Waals surface area contributed by atoms with Crippen molar-refractivity contribution in [2.45, 2.75) is 39.2 Å². The number of nitrogens with two attached hydrogens (primary N) is 1. The largest absolute Gasteiger partial charge is 0.273 e. The van der Waals surface area contributed by atoms with Gasteiger partial charge in [-0.15, -0.1) is 0 Å². The first-order chi connectivity index (χ1) is 9.60. The molecule has 2 rings (SSSR count). The van der Waals surface area contributed by atoms with Crippen molar-refractivity contribution in [1.82, 2.24) is 15.2 Å². The van der Waals surface area contributed by atoms with Crippen molar-refractivity contribution < 1.29 is 0 Å². The molecule has 4 heteroatoms. The predicted octanol–water partition coefficient (Wildman–Crippen LogP) is 2.04. The van der Waals surface area contributed by atoms with Gasteiger partial charge in [-0.2, -0.15) is 5.10 Å². The van der Waals surface area contributed by atoms with Crippen LogP contribution in [0.1, 0.15) is 28.8 Å². The molecule has 3 N–H and O–H groups in total. The van der Waals surface area contributed by atoms with Crippen LogP contribution in [-0.4, -0.2) is 15.8 Å². The van der Waals surface area contributed by atoms with Crippen LogP contribution in [0.4, 0.5) is 0 Å². The van der Waals surface area contributed by atoms with E-state index in [1.165, 1.54) is 22.4 Å². The molecular weight excluding hydrogens is 248 g/mol. The highest BCUT2D eigenvalue weighted by Crippen LogP contribution is 2.15. The van der Waals surface area contributed by atoms with Gasteiger partial charge in [0.15, 0.2) is 0 Å². The monoisotopic (exact) mass is 272 g/mol. The average molecular weight is 272 g/mol. The molecule has 0 saturated carbocycles. The topological polar surface area (TPSA) is 55.9 Å². The lowest BCUT2D eigenvalue weighted by molar-refractivity contribution is 0.483. The van der Waals surface area contributed by atoms with Crippen LogP contribution in [0.3, 0.4) is 0 Å². The van der Waals surface area contributed by atoms with Crippen LogP contribution in [-0.2, 0) is 19.9 Å². The summed E-state index contributed by atoms with van der Waals surface area (Å²) in [5, 5.41) is 4.20. The summed E-state index contributed by atoms with van der Waals surface area (Å²) in [5.41, 5.74) is 8.19. The van der Waals surface area contributed by atoms with Crippen molar-refractivity contribution in [2.24, 2.45) is 12.9 Å². The molecule has 108 valence electrons. The van der Waals surface area contributed by atoms with E-state index in [4.69, 9.17) is 5.84 Å². The summed E-state index contributed by atoms with van der Waals surface area (Å²) >= 11 is 0. The Morgan fingerprint density at radius 3 is 2.75 bits per heavy atom. The SMILES string of the molecule is Cc1ccc(C)c(CC(CCc2ccnn2C)NN)c1. The van der Waals surface area contributed by atoms with E-state index >= 15 is 0 Å². The quantitative estimate of drug-likeness (QED) is 0.625. The lowest BCUT2D eigenvalue weighted by Gasteiger charge is -2.17. The second-order valence-electron chi connectivity index (χ2n) is 5.48. The summed E-state index contributed by atoms with van der Waals surface area (Å²) in [5.74, 6) is 5.71.